The summed E-state index contributed by atoms with van der Waals surface area (Å²) in [7, 11) is 4.06. The molecule has 0 unspecified atom stereocenters. The summed E-state index contributed by atoms with van der Waals surface area (Å²) in [4.78, 5) is 13.3. The van der Waals surface area contributed by atoms with Gasteiger partial charge in [-0.25, -0.2) is 4.79 Å². The van der Waals surface area contributed by atoms with Crippen molar-refractivity contribution < 1.29 is 14.3 Å². The molecule has 124 valence electrons. The lowest BCUT2D eigenvalue weighted by Gasteiger charge is -2.20. The number of hydrogen-bond donors (Lipinski definition) is 1. The van der Waals surface area contributed by atoms with E-state index in [1.807, 2.05) is 26.2 Å². The minimum Gasteiger partial charge on any atom is -0.475 e. The van der Waals surface area contributed by atoms with E-state index >= 15 is 0 Å². The summed E-state index contributed by atoms with van der Waals surface area (Å²) in [5.41, 5.74) is 3.43. The third-order valence-corrected chi connectivity index (χ3v) is 4.46. The van der Waals surface area contributed by atoms with Crippen molar-refractivity contribution in [1.82, 2.24) is 4.90 Å². The van der Waals surface area contributed by atoms with Crippen LogP contribution in [0.15, 0.2) is 46.9 Å². The lowest BCUT2D eigenvalue weighted by Crippen LogP contribution is -2.16. The molecule has 0 amide bonds. The van der Waals surface area contributed by atoms with E-state index in [9.17, 15) is 4.79 Å². The van der Waals surface area contributed by atoms with Crippen molar-refractivity contribution in [2.75, 3.05) is 14.1 Å². The molecule has 0 aliphatic carbocycles. The zero-order valence-corrected chi connectivity index (χ0v) is 14.5. The fourth-order valence-corrected chi connectivity index (χ4v) is 2.93. The summed E-state index contributed by atoms with van der Waals surface area (Å²) < 4.78 is 5.55. The van der Waals surface area contributed by atoms with Gasteiger partial charge < -0.3 is 14.4 Å². The quantitative estimate of drug-likeness (QED) is 0.718. The van der Waals surface area contributed by atoms with Gasteiger partial charge in [-0.05, 0) is 56.4 Å². The van der Waals surface area contributed by atoms with Crippen molar-refractivity contribution in [3.8, 4) is 11.1 Å². The van der Waals surface area contributed by atoms with Crippen LogP contribution in [0.25, 0.3) is 22.1 Å². The Labute approximate surface area is 145 Å². The molecule has 4 nitrogen and oxygen atoms in total. The fraction of sp³-hybridized carbons (Fsp3) is 0.211. The number of carboxylic acid groups (broad SMARTS) is 1. The molecule has 3 rings (SSSR count). The minimum absolute atomic E-state index is 0.0914. The molecule has 0 saturated carbocycles. The Morgan fingerprint density at radius 2 is 1.96 bits per heavy atom. The molecule has 1 heterocycles. The van der Waals surface area contributed by atoms with Crippen LogP contribution in [-0.4, -0.2) is 30.1 Å². The number of benzene rings is 2. The van der Waals surface area contributed by atoms with E-state index in [1.54, 1.807) is 12.1 Å². The van der Waals surface area contributed by atoms with Crippen LogP contribution in [0, 0.1) is 0 Å². The van der Waals surface area contributed by atoms with Gasteiger partial charge in [0.15, 0.2) is 0 Å². The monoisotopic (exact) mass is 343 g/mol. The second-order valence-corrected chi connectivity index (χ2v) is 6.49. The Morgan fingerprint density at radius 1 is 1.21 bits per heavy atom. The zero-order valence-electron chi connectivity index (χ0n) is 13.7. The topological polar surface area (TPSA) is 53.7 Å². The minimum atomic E-state index is -1.09. The van der Waals surface area contributed by atoms with E-state index in [1.165, 1.54) is 6.07 Å². The number of hydrogen-bond acceptors (Lipinski definition) is 3. The van der Waals surface area contributed by atoms with Gasteiger partial charge in [0.1, 0.15) is 5.58 Å². The molecular formula is C19H18ClNO3. The number of nitrogens with zero attached hydrogens (tertiary/aromatic N) is 1. The highest BCUT2D eigenvalue weighted by molar-refractivity contribution is 6.32. The maximum Gasteiger partial charge on any atom is 0.371 e. The van der Waals surface area contributed by atoms with Crippen LogP contribution in [0.3, 0.4) is 0 Å². The molecule has 0 bridgehead atoms. The summed E-state index contributed by atoms with van der Waals surface area (Å²) in [5.74, 6) is -1.19. The smallest absolute Gasteiger partial charge is 0.371 e. The van der Waals surface area contributed by atoms with Gasteiger partial charge in [0.05, 0.1) is 0 Å². The Hall–Kier alpha value is -2.30. The summed E-state index contributed by atoms with van der Waals surface area (Å²) in [6.07, 6.45) is 0. The number of carboxylic acids is 1. The van der Waals surface area contributed by atoms with Gasteiger partial charge in [-0.3, -0.25) is 0 Å². The first-order valence-electron chi connectivity index (χ1n) is 7.60. The summed E-state index contributed by atoms with van der Waals surface area (Å²) in [6.45, 7) is 2.13. The molecule has 3 aromatic rings. The first kappa shape index (κ1) is 16.6. The van der Waals surface area contributed by atoms with Crippen LogP contribution in [0.4, 0.5) is 0 Å². The Balaban J connectivity index is 2.19. The summed E-state index contributed by atoms with van der Waals surface area (Å²) in [5, 5.41) is 10.4. The Morgan fingerprint density at radius 3 is 2.62 bits per heavy atom. The van der Waals surface area contributed by atoms with Crippen molar-refractivity contribution in [1.29, 1.82) is 0 Å². The molecule has 1 atom stereocenters. The van der Waals surface area contributed by atoms with Crippen molar-refractivity contribution in [2.45, 2.75) is 13.0 Å². The highest BCUT2D eigenvalue weighted by Crippen LogP contribution is 2.35. The van der Waals surface area contributed by atoms with E-state index in [2.05, 4.69) is 24.0 Å². The first-order chi connectivity index (χ1) is 11.4. The number of halogens is 1. The van der Waals surface area contributed by atoms with Crippen LogP contribution in [-0.2, 0) is 0 Å². The lowest BCUT2D eigenvalue weighted by atomic mass is 9.98. The first-order valence-corrected chi connectivity index (χ1v) is 7.97. The van der Waals surface area contributed by atoms with Crippen LogP contribution in [0.5, 0.6) is 0 Å². The average molecular weight is 344 g/mol. The molecule has 0 aliphatic heterocycles. The molecule has 0 fully saturated rings. The van der Waals surface area contributed by atoms with Crippen LogP contribution < -0.4 is 0 Å². The number of aromatic carboxylic acids is 1. The van der Waals surface area contributed by atoms with E-state index in [0.29, 0.717) is 16.0 Å². The van der Waals surface area contributed by atoms with E-state index in [4.69, 9.17) is 21.1 Å². The molecule has 0 aliphatic rings. The number of fused-ring (bicyclic) bond motifs is 1. The van der Waals surface area contributed by atoms with Crippen LogP contribution >= 0.6 is 11.6 Å². The van der Waals surface area contributed by atoms with Crippen LogP contribution in [0.1, 0.15) is 29.1 Å². The average Bonchev–Trinajstić information content (AvgIpc) is 2.97. The molecule has 5 heteroatoms. The normalized spacial score (nSPS) is 12.7. The number of furan rings is 1. The SMILES string of the molecule is C[C@H](c1cccc(-c2cc(Cl)cc3cc(C(=O)O)oc23)c1)N(C)C. The largest absolute Gasteiger partial charge is 0.475 e. The molecule has 1 N–H and O–H groups in total. The van der Waals surface area contributed by atoms with Gasteiger partial charge in [0.25, 0.3) is 0 Å². The number of carbonyl (C=O) groups is 1. The predicted octanol–water partition coefficient (Wildman–Crippen LogP) is 5.07. The fourth-order valence-electron chi connectivity index (χ4n) is 2.70. The van der Waals surface area contributed by atoms with Gasteiger partial charge in [-0.15, -0.1) is 0 Å². The second-order valence-electron chi connectivity index (χ2n) is 6.05. The number of rotatable bonds is 4. The molecule has 1 aromatic heterocycles. The van der Waals surface area contributed by atoms with E-state index in [-0.39, 0.29) is 11.8 Å². The second kappa shape index (κ2) is 6.30. The predicted molar refractivity (Wildman–Crippen MR) is 95.7 cm³/mol. The highest BCUT2D eigenvalue weighted by atomic mass is 35.5. The maximum atomic E-state index is 11.2. The van der Waals surface area contributed by atoms with E-state index < -0.39 is 5.97 Å². The van der Waals surface area contributed by atoms with Gasteiger partial charge in [0.2, 0.25) is 5.76 Å². The molecule has 0 saturated heterocycles. The van der Waals surface area contributed by atoms with Crippen molar-refractivity contribution in [3.63, 3.8) is 0 Å². The molecule has 0 radical (unpaired) electrons. The third kappa shape index (κ3) is 3.03. The van der Waals surface area contributed by atoms with Crippen LogP contribution in [0.2, 0.25) is 5.02 Å². The van der Waals surface area contributed by atoms with Gasteiger partial charge >= 0.3 is 5.97 Å². The molecule has 2 aromatic carbocycles. The zero-order chi connectivity index (χ0) is 17.4. The van der Waals surface area contributed by atoms with Crippen molar-refractivity contribution in [2.24, 2.45) is 0 Å². The summed E-state index contributed by atoms with van der Waals surface area (Å²) >= 11 is 6.22. The third-order valence-electron chi connectivity index (χ3n) is 4.25. The molecular weight excluding hydrogens is 326 g/mol. The van der Waals surface area contributed by atoms with Crippen molar-refractivity contribution >= 4 is 28.5 Å². The lowest BCUT2D eigenvalue weighted by molar-refractivity contribution is 0.0665. The van der Waals surface area contributed by atoms with Gasteiger partial charge in [-0.2, -0.15) is 0 Å². The summed E-state index contributed by atoms with van der Waals surface area (Å²) in [6, 6.07) is 13.4. The van der Waals surface area contributed by atoms with Gasteiger partial charge in [0, 0.05) is 22.0 Å². The molecule has 0 spiro atoms. The van der Waals surface area contributed by atoms with Gasteiger partial charge in [-0.1, -0.05) is 29.8 Å². The Kier molecular flexibility index (Phi) is 4.35. The van der Waals surface area contributed by atoms with Crippen molar-refractivity contribution in [3.05, 3.63) is 58.8 Å². The standard InChI is InChI=1S/C19H18ClNO3/c1-11(21(2)3)12-5-4-6-13(7-12)16-10-15(20)8-14-9-17(19(22)23)24-18(14)16/h4-11H,1-3H3,(H,22,23)/t11-/m1/s1. The maximum absolute atomic E-state index is 11.2. The highest BCUT2D eigenvalue weighted by Gasteiger charge is 2.16. The van der Waals surface area contributed by atoms with E-state index in [0.717, 1.165) is 16.7 Å². The Bertz CT molecular complexity index is 914. The molecule has 24 heavy (non-hydrogen) atoms.